The molecule has 1 aliphatic heterocycles. The first-order valence-electron chi connectivity index (χ1n) is 16.2. The van der Waals surface area contributed by atoms with Crippen LogP contribution in [-0.2, 0) is 10.0 Å². The molecule has 4 aromatic carbocycles. The van der Waals surface area contributed by atoms with Crippen LogP contribution >= 0.6 is 0 Å². The van der Waals surface area contributed by atoms with E-state index in [0.29, 0.717) is 34.2 Å². The van der Waals surface area contributed by atoms with Gasteiger partial charge < -0.3 is 19.5 Å². The summed E-state index contributed by atoms with van der Waals surface area (Å²) < 4.78 is 60.9. The van der Waals surface area contributed by atoms with Crippen molar-refractivity contribution in [1.82, 2.24) is 10.2 Å². The third-order valence-corrected chi connectivity index (χ3v) is 10.2. The highest BCUT2D eigenvalue weighted by Gasteiger charge is 2.32. The van der Waals surface area contributed by atoms with Crippen LogP contribution in [0.25, 0.3) is 33.4 Å². The number of nitrogens with one attached hydrogen (secondary N) is 1. The number of amides is 2. The number of rotatable bonds is 10. The van der Waals surface area contributed by atoms with Crippen molar-refractivity contribution in [2.24, 2.45) is 0 Å². The number of halogens is 2. The predicted molar refractivity (Wildman–Crippen MR) is 192 cm³/mol. The summed E-state index contributed by atoms with van der Waals surface area (Å²) in [4.78, 5) is 31.3. The molecule has 6 rings (SSSR count). The first kappa shape index (κ1) is 34.6. The summed E-state index contributed by atoms with van der Waals surface area (Å²) in [7, 11) is 1.42. The topological polar surface area (TPSA) is 103 Å². The SMILES string of the molecule is CNC(=O)c1c(-c2ccc(F)cc2)oc2cc(N(CCF)S(C)(=O)=O)c(-c3cccc(C(=O)N4CCCC4c4ccc(N(C)C)cc4)c3)cc12. The monoisotopic (exact) mass is 700 g/mol. The third kappa shape index (κ3) is 6.67. The number of sulfonamides is 1. The van der Waals surface area contributed by atoms with Crippen LogP contribution in [0.3, 0.4) is 0 Å². The molecule has 2 heterocycles. The molecule has 260 valence electrons. The number of fused-ring (bicyclic) bond motifs is 1. The van der Waals surface area contributed by atoms with Crippen LogP contribution in [0.15, 0.2) is 89.3 Å². The summed E-state index contributed by atoms with van der Waals surface area (Å²) in [6, 6.07) is 23.4. The molecule has 1 fully saturated rings. The van der Waals surface area contributed by atoms with Crippen LogP contribution in [0.4, 0.5) is 20.2 Å². The smallest absolute Gasteiger partial charge is 0.255 e. The molecule has 9 nitrogen and oxygen atoms in total. The van der Waals surface area contributed by atoms with Gasteiger partial charge in [-0.3, -0.25) is 13.9 Å². The lowest BCUT2D eigenvalue weighted by Crippen LogP contribution is -2.32. The van der Waals surface area contributed by atoms with Crippen LogP contribution in [0.2, 0.25) is 0 Å². The molecule has 1 atom stereocenters. The average Bonchev–Trinajstić information content (AvgIpc) is 3.75. The molecule has 0 aliphatic carbocycles. The number of furan rings is 1. The van der Waals surface area contributed by atoms with E-state index in [1.165, 1.54) is 37.4 Å². The second-order valence-electron chi connectivity index (χ2n) is 12.5. The number of likely N-dealkylation sites (tertiary alicyclic amines) is 1. The summed E-state index contributed by atoms with van der Waals surface area (Å²) in [6.45, 7) is -0.849. The van der Waals surface area contributed by atoms with Crippen LogP contribution in [0, 0.1) is 5.82 Å². The Hall–Kier alpha value is -5.23. The van der Waals surface area contributed by atoms with Gasteiger partial charge in [-0.05, 0) is 78.6 Å². The van der Waals surface area contributed by atoms with E-state index in [1.807, 2.05) is 48.2 Å². The number of benzene rings is 4. The summed E-state index contributed by atoms with van der Waals surface area (Å²) in [5, 5.41) is 2.98. The van der Waals surface area contributed by atoms with E-state index in [0.717, 1.165) is 34.7 Å². The average molecular weight is 701 g/mol. The minimum absolute atomic E-state index is 0.106. The Balaban J connectivity index is 1.49. The first-order valence-corrected chi connectivity index (χ1v) is 18.1. The van der Waals surface area contributed by atoms with E-state index >= 15 is 0 Å². The van der Waals surface area contributed by atoms with Gasteiger partial charge in [-0.15, -0.1) is 0 Å². The molecule has 5 aromatic rings. The molecular weight excluding hydrogens is 663 g/mol. The van der Waals surface area contributed by atoms with E-state index < -0.39 is 35.0 Å². The van der Waals surface area contributed by atoms with Gasteiger partial charge in [0.15, 0.2) is 0 Å². The Morgan fingerprint density at radius 3 is 2.34 bits per heavy atom. The Morgan fingerprint density at radius 1 is 0.980 bits per heavy atom. The molecule has 1 unspecified atom stereocenters. The van der Waals surface area contributed by atoms with Gasteiger partial charge in [-0.25, -0.2) is 17.2 Å². The van der Waals surface area contributed by atoms with E-state index in [-0.39, 0.29) is 34.5 Å². The molecule has 1 saturated heterocycles. The molecule has 50 heavy (non-hydrogen) atoms. The van der Waals surface area contributed by atoms with Crippen molar-refractivity contribution >= 4 is 44.2 Å². The lowest BCUT2D eigenvalue weighted by atomic mass is 9.96. The minimum Gasteiger partial charge on any atom is -0.455 e. The molecule has 1 aromatic heterocycles. The first-order chi connectivity index (χ1) is 23.9. The number of nitrogens with zero attached hydrogens (tertiary/aromatic N) is 3. The Bertz CT molecular complexity index is 2170. The van der Waals surface area contributed by atoms with Crippen LogP contribution < -0.4 is 14.5 Å². The summed E-state index contributed by atoms with van der Waals surface area (Å²) in [5.74, 6) is -0.970. The predicted octanol–water partition coefficient (Wildman–Crippen LogP) is 7.04. The molecule has 12 heteroatoms. The Kier molecular flexibility index (Phi) is 9.66. The molecule has 0 bridgehead atoms. The zero-order valence-corrected chi connectivity index (χ0v) is 29.1. The maximum absolute atomic E-state index is 14.1. The quantitative estimate of drug-likeness (QED) is 0.168. The molecule has 0 saturated carbocycles. The van der Waals surface area contributed by atoms with E-state index in [9.17, 15) is 26.8 Å². The second-order valence-corrected chi connectivity index (χ2v) is 14.4. The molecule has 1 N–H and O–H groups in total. The van der Waals surface area contributed by atoms with Gasteiger partial charge in [0.1, 0.15) is 23.8 Å². The van der Waals surface area contributed by atoms with Crippen LogP contribution in [0.1, 0.15) is 45.2 Å². The largest absolute Gasteiger partial charge is 0.455 e. The van der Waals surface area contributed by atoms with E-state index in [1.54, 1.807) is 30.3 Å². The Morgan fingerprint density at radius 2 is 1.70 bits per heavy atom. The summed E-state index contributed by atoms with van der Waals surface area (Å²) in [5.41, 5.74) is 4.20. The van der Waals surface area contributed by atoms with Crippen LogP contribution in [0.5, 0.6) is 0 Å². The zero-order chi connectivity index (χ0) is 35.7. The van der Waals surface area contributed by atoms with Gasteiger partial charge in [0.05, 0.1) is 30.1 Å². The number of anilines is 2. The lowest BCUT2D eigenvalue weighted by molar-refractivity contribution is 0.0735. The number of carbonyl (C=O) groups excluding carboxylic acids is 2. The maximum Gasteiger partial charge on any atom is 0.255 e. The molecule has 1 aliphatic rings. The van der Waals surface area contributed by atoms with Crippen molar-refractivity contribution in [1.29, 1.82) is 0 Å². The second kappa shape index (κ2) is 13.9. The zero-order valence-electron chi connectivity index (χ0n) is 28.2. The maximum atomic E-state index is 14.1. The van der Waals surface area contributed by atoms with Gasteiger partial charge in [0.25, 0.3) is 11.8 Å². The molecule has 0 spiro atoms. The van der Waals surface area contributed by atoms with Crippen molar-refractivity contribution in [2.75, 3.05) is 56.4 Å². The van der Waals surface area contributed by atoms with Gasteiger partial charge in [-0.1, -0.05) is 24.3 Å². The number of alkyl halides is 1. The normalized spacial score (nSPS) is 14.6. The molecule has 2 amide bonds. The van der Waals surface area contributed by atoms with Crippen molar-refractivity contribution in [3.8, 4) is 22.5 Å². The number of hydrogen-bond donors (Lipinski definition) is 1. The van der Waals surface area contributed by atoms with Crippen molar-refractivity contribution in [2.45, 2.75) is 18.9 Å². The standard InChI is InChI=1S/C38H38F2N4O5S/c1-41-37(45)35-31-22-30(33(44(20-18-39)50(4,47)48)23-34(31)49-36(35)25-10-14-28(40)15-11-25)26-7-5-8-27(21-26)38(46)43-19-6-9-32(43)24-12-16-29(17-13-24)42(2)3/h5,7-8,10-17,21-23,32H,6,9,18-20H2,1-4H3,(H,41,45). The van der Waals surface area contributed by atoms with Crippen molar-refractivity contribution in [3.63, 3.8) is 0 Å². The molecule has 0 radical (unpaired) electrons. The van der Waals surface area contributed by atoms with Gasteiger partial charge in [-0.2, -0.15) is 0 Å². The third-order valence-electron chi connectivity index (χ3n) is 9.05. The van der Waals surface area contributed by atoms with Crippen molar-refractivity contribution < 1.29 is 31.2 Å². The lowest BCUT2D eigenvalue weighted by Gasteiger charge is -2.26. The summed E-state index contributed by atoms with van der Waals surface area (Å²) >= 11 is 0. The fourth-order valence-corrected chi connectivity index (χ4v) is 7.51. The highest BCUT2D eigenvalue weighted by atomic mass is 32.2. The highest BCUT2D eigenvalue weighted by molar-refractivity contribution is 7.92. The number of hydrogen-bond acceptors (Lipinski definition) is 6. The van der Waals surface area contributed by atoms with E-state index in [4.69, 9.17) is 4.42 Å². The fourth-order valence-electron chi connectivity index (χ4n) is 6.60. The van der Waals surface area contributed by atoms with Crippen molar-refractivity contribution in [3.05, 3.63) is 107 Å². The minimum atomic E-state index is -3.99. The molecular formula is C38H38F2N4O5S. The summed E-state index contributed by atoms with van der Waals surface area (Å²) in [6.07, 6.45) is 2.65. The van der Waals surface area contributed by atoms with Gasteiger partial charge >= 0.3 is 0 Å². The van der Waals surface area contributed by atoms with E-state index in [2.05, 4.69) is 5.32 Å². The van der Waals surface area contributed by atoms with Crippen LogP contribution in [-0.4, -0.2) is 72.3 Å². The van der Waals surface area contributed by atoms with Gasteiger partial charge in [0.2, 0.25) is 10.0 Å². The highest BCUT2D eigenvalue weighted by Crippen LogP contribution is 2.42. The Labute approximate surface area is 290 Å². The fraction of sp³-hybridized carbons (Fsp3) is 0.263. The number of carbonyl (C=O) groups is 2. The van der Waals surface area contributed by atoms with Gasteiger partial charge in [0, 0.05) is 61.5 Å².